The number of hydrogen-bond donors (Lipinski definition) is 2. The van der Waals surface area contributed by atoms with Crippen molar-refractivity contribution in [2.45, 2.75) is 6.92 Å². The molecule has 1 aromatic carbocycles. The molecule has 0 saturated carbocycles. The molecule has 92 valence electrons. The fourth-order valence-corrected chi connectivity index (χ4v) is 2.02. The molecule has 0 bridgehead atoms. The maximum absolute atomic E-state index is 11.2. The smallest absolute Gasteiger partial charge is 0.339 e. The van der Waals surface area contributed by atoms with Crippen molar-refractivity contribution in [2.24, 2.45) is 0 Å². The number of aromatic carboxylic acids is 2. The minimum atomic E-state index is -1.30. The fourth-order valence-electron chi connectivity index (χ4n) is 1.72. The van der Waals surface area contributed by atoms with E-state index in [1.54, 1.807) is 13.0 Å². The molecular weight excluding hydrogens is 258 g/mol. The summed E-state index contributed by atoms with van der Waals surface area (Å²) in [6.07, 6.45) is 1.51. The Kier molecular flexibility index (Phi) is 2.92. The Bertz CT molecular complexity index is 681. The van der Waals surface area contributed by atoms with Crippen LogP contribution in [0.25, 0.3) is 10.9 Å². The van der Waals surface area contributed by atoms with Crippen molar-refractivity contribution in [3.63, 3.8) is 0 Å². The summed E-state index contributed by atoms with van der Waals surface area (Å²) in [5.74, 6) is -2.57. The van der Waals surface area contributed by atoms with E-state index in [4.69, 9.17) is 21.8 Å². The molecule has 5 nitrogen and oxygen atoms in total. The van der Waals surface area contributed by atoms with Gasteiger partial charge in [-0.25, -0.2) is 9.59 Å². The number of carbonyl (C=O) groups is 2. The predicted octanol–water partition coefficient (Wildman–Crippen LogP) is 2.59. The molecular formula is C12H8ClNO4. The van der Waals surface area contributed by atoms with Gasteiger partial charge in [0.25, 0.3) is 0 Å². The molecule has 0 fully saturated rings. The zero-order valence-electron chi connectivity index (χ0n) is 9.27. The summed E-state index contributed by atoms with van der Waals surface area (Å²) in [5.41, 5.74) is 0.459. The summed E-state index contributed by atoms with van der Waals surface area (Å²) < 4.78 is 0. The van der Waals surface area contributed by atoms with Gasteiger partial charge in [0.1, 0.15) is 5.56 Å². The third-order valence-corrected chi connectivity index (χ3v) is 2.88. The van der Waals surface area contributed by atoms with E-state index in [1.165, 1.54) is 12.3 Å². The minimum Gasteiger partial charge on any atom is -0.478 e. The van der Waals surface area contributed by atoms with Crippen molar-refractivity contribution in [1.82, 2.24) is 4.98 Å². The summed E-state index contributed by atoms with van der Waals surface area (Å²) in [5, 5.41) is 18.3. The molecule has 0 amide bonds. The number of pyridine rings is 1. The predicted molar refractivity (Wildman–Crippen MR) is 65.4 cm³/mol. The number of rotatable bonds is 2. The lowest BCUT2D eigenvalue weighted by molar-refractivity contribution is 0.0696. The Balaban J connectivity index is 2.96. The first-order valence-corrected chi connectivity index (χ1v) is 5.35. The second kappa shape index (κ2) is 4.27. The summed E-state index contributed by atoms with van der Waals surface area (Å²) in [4.78, 5) is 26.2. The SMILES string of the molecule is Cc1cnc2c(C(=O)O)c(Cl)c(C(=O)O)cc2c1. The highest BCUT2D eigenvalue weighted by atomic mass is 35.5. The van der Waals surface area contributed by atoms with Gasteiger partial charge >= 0.3 is 11.9 Å². The standard InChI is InChI=1S/C12H8ClNO4/c1-5-2-6-3-7(11(15)16)9(13)8(12(17)18)10(6)14-4-5/h2-4H,1H3,(H,15,16)(H,17,18). The van der Waals surface area contributed by atoms with Gasteiger partial charge in [-0.2, -0.15) is 0 Å². The molecule has 18 heavy (non-hydrogen) atoms. The van der Waals surface area contributed by atoms with E-state index in [0.717, 1.165) is 5.56 Å². The second-order valence-corrected chi connectivity index (χ2v) is 4.19. The summed E-state index contributed by atoms with van der Waals surface area (Å²) >= 11 is 5.82. The lowest BCUT2D eigenvalue weighted by Gasteiger charge is -2.08. The molecule has 0 aliphatic carbocycles. The number of aromatic nitrogens is 1. The number of carboxylic acids is 2. The van der Waals surface area contributed by atoms with E-state index in [0.29, 0.717) is 5.39 Å². The Morgan fingerprint density at radius 3 is 2.44 bits per heavy atom. The van der Waals surface area contributed by atoms with Crippen molar-refractivity contribution in [1.29, 1.82) is 0 Å². The third kappa shape index (κ3) is 1.89. The quantitative estimate of drug-likeness (QED) is 0.871. The molecule has 2 rings (SSSR count). The third-order valence-electron chi connectivity index (χ3n) is 2.49. The largest absolute Gasteiger partial charge is 0.478 e. The van der Waals surface area contributed by atoms with Gasteiger partial charge in [0, 0.05) is 11.6 Å². The molecule has 0 unspecified atom stereocenters. The normalized spacial score (nSPS) is 10.6. The Morgan fingerprint density at radius 2 is 1.89 bits per heavy atom. The van der Waals surface area contributed by atoms with Crippen molar-refractivity contribution in [3.8, 4) is 0 Å². The number of carboxylic acid groups (broad SMARTS) is 2. The van der Waals surface area contributed by atoms with Crippen molar-refractivity contribution in [2.75, 3.05) is 0 Å². The van der Waals surface area contributed by atoms with E-state index < -0.39 is 11.9 Å². The highest BCUT2D eigenvalue weighted by Crippen LogP contribution is 2.29. The van der Waals surface area contributed by atoms with Gasteiger partial charge in [0.05, 0.1) is 16.1 Å². The first kappa shape index (κ1) is 12.3. The molecule has 1 heterocycles. The zero-order valence-corrected chi connectivity index (χ0v) is 10.0. The van der Waals surface area contributed by atoms with Crippen LogP contribution in [-0.4, -0.2) is 27.1 Å². The molecule has 0 aliphatic rings. The topological polar surface area (TPSA) is 87.5 Å². The van der Waals surface area contributed by atoms with E-state index in [-0.39, 0.29) is 21.7 Å². The van der Waals surface area contributed by atoms with Crippen LogP contribution in [0.5, 0.6) is 0 Å². The van der Waals surface area contributed by atoms with Gasteiger partial charge in [-0.15, -0.1) is 0 Å². The van der Waals surface area contributed by atoms with Crippen LogP contribution in [0.15, 0.2) is 18.3 Å². The van der Waals surface area contributed by atoms with Crippen LogP contribution < -0.4 is 0 Å². The van der Waals surface area contributed by atoms with Crippen LogP contribution in [-0.2, 0) is 0 Å². The maximum Gasteiger partial charge on any atom is 0.339 e. The Hall–Kier alpha value is -2.14. The first-order valence-electron chi connectivity index (χ1n) is 4.97. The molecule has 2 aromatic rings. The van der Waals surface area contributed by atoms with E-state index >= 15 is 0 Å². The first-order chi connectivity index (χ1) is 8.41. The lowest BCUT2D eigenvalue weighted by atomic mass is 10.0. The molecule has 0 aliphatic heterocycles. The van der Waals surface area contributed by atoms with E-state index in [2.05, 4.69) is 4.98 Å². The number of halogens is 1. The van der Waals surface area contributed by atoms with Crippen molar-refractivity contribution < 1.29 is 19.8 Å². The molecule has 2 N–H and O–H groups in total. The van der Waals surface area contributed by atoms with Crippen LogP contribution in [0, 0.1) is 6.92 Å². The van der Waals surface area contributed by atoms with Crippen LogP contribution >= 0.6 is 11.6 Å². The van der Waals surface area contributed by atoms with Crippen LogP contribution in [0.4, 0.5) is 0 Å². The van der Waals surface area contributed by atoms with Crippen LogP contribution in [0.2, 0.25) is 5.02 Å². The number of aryl methyl sites for hydroxylation is 1. The van der Waals surface area contributed by atoms with E-state index in [1.807, 2.05) is 0 Å². The molecule has 0 spiro atoms. The van der Waals surface area contributed by atoms with E-state index in [9.17, 15) is 9.59 Å². The number of nitrogens with zero attached hydrogens (tertiary/aromatic N) is 1. The van der Waals surface area contributed by atoms with Crippen LogP contribution in [0.1, 0.15) is 26.3 Å². The zero-order chi connectivity index (χ0) is 13.4. The highest BCUT2D eigenvalue weighted by molar-refractivity contribution is 6.38. The van der Waals surface area contributed by atoms with Gasteiger partial charge < -0.3 is 10.2 Å². The van der Waals surface area contributed by atoms with Crippen LogP contribution in [0.3, 0.4) is 0 Å². The molecule has 6 heteroatoms. The number of benzene rings is 1. The van der Waals surface area contributed by atoms with Gasteiger partial charge in [-0.05, 0) is 24.6 Å². The minimum absolute atomic E-state index is 0.183. The Morgan fingerprint density at radius 1 is 1.22 bits per heavy atom. The second-order valence-electron chi connectivity index (χ2n) is 3.81. The van der Waals surface area contributed by atoms with Crippen molar-refractivity contribution >= 4 is 34.4 Å². The molecule has 0 atom stereocenters. The molecule has 0 saturated heterocycles. The number of fused-ring (bicyclic) bond motifs is 1. The highest BCUT2D eigenvalue weighted by Gasteiger charge is 2.21. The fraction of sp³-hybridized carbons (Fsp3) is 0.0833. The molecule has 1 aromatic heterocycles. The van der Waals surface area contributed by atoms with Crippen molar-refractivity contribution in [3.05, 3.63) is 40.0 Å². The van der Waals surface area contributed by atoms with Gasteiger partial charge in [0.15, 0.2) is 0 Å². The summed E-state index contributed by atoms with van der Waals surface area (Å²) in [7, 11) is 0. The average Bonchev–Trinajstić information content (AvgIpc) is 2.27. The van der Waals surface area contributed by atoms with Gasteiger partial charge in [0.2, 0.25) is 0 Å². The summed E-state index contributed by atoms with van der Waals surface area (Å²) in [6, 6.07) is 2.99. The Labute approximate surface area is 107 Å². The lowest BCUT2D eigenvalue weighted by Crippen LogP contribution is -2.06. The maximum atomic E-state index is 11.2. The monoisotopic (exact) mass is 265 g/mol. The average molecular weight is 266 g/mol. The summed E-state index contributed by atoms with van der Waals surface area (Å²) in [6.45, 7) is 1.78. The van der Waals surface area contributed by atoms with Gasteiger partial charge in [-0.3, -0.25) is 4.98 Å². The van der Waals surface area contributed by atoms with Gasteiger partial charge in [-0.1, -0.05) is 11.6 Å². The number of hydrogen-bond acceptors (Lipinski definition) is 3. The molecule has 0 radical (unpaired) electrons.